The topological polar surface area (TPSA) is 54.5 Å². The minimum absolute atomic E-state index is 0.0524. The number of hydrogen-bond acceptors (Lipinski definition) is 4. The molecule has 0 aliphatic carbocycles. The van der Waals surface area contributed by atoms with Crippen LogP contribution in [0.15, 0.2) is 41.0 Å². The van der Waals surface area contributed by atoms with Crippen molar-refractivity contribution in [2.45, 2.75) is 6.54 Å². The van der Waals surface area contributed by atoms with Gasteiger partial charge in [-0.15, -0.1) is 0 Å². The van der Waals surface area contributed by atoms with E-state index in [1.54, 1.807) is 11.1 Å². The van der Waals surface area contributed by atoms with Gasteiger partial charge in [-0.2, -0.15) is 0 Å². The molecule has 108 valence electrons. The molecule has 6 heteroatoms. The molecule has 0 saturated carbocycles. The lowest BCUT2D eigenvalue weighted by atomic mass is 10.2. The molecule has 0 fully saturated rings. The molecule has 0 atom stereocenters. The van der Waals surface area contributed by atoms with Crippen LogP contribution < -0.4 is 15.0 Å². The maximum atomic E-state index is 12.2. The van der Waals surface area contributed by atoms with Crippen molar-refractivity contribution in [2.75, 3.05) is 23.9 Å². The number of rotatable bonds is 3. The van der Waals surface area contributed by atoms with Gasteiger partial charge in [0.05, 0.1) is 12.2 Å². The SMILES string of the molecule is CNc1cc(CN2C(=O)COc3ccc(Br)cc32)ccn1. The Labute approximate surface area is 131 Å². The largest absolute Gasteiger partial charge is 0.482 e. The predicted octanol–water partition coefficient (Wildman–Crippen LogP) is 2.81. The van der Waals surface area contributed by atoms with Gasteiger partial charge in [-0.05, 0) is 35.9 Å². The minimum Gasteiger partial charge on any atom is -0.482 e. The van der Waals surface area contributed by atoms with Crippen LogP contribution in [-0.2, 0) is 11.3 Å². The highest BCUT2D eigenvalue weighted by molar-refractivity contribution is 9.10. The summed E-state index contributed by atoms with van der Waals surface area (Å²) in [6.07, 6.45) is 1.73. The summed E-state index contributed by atoms with van der Waals surface area (Å²) in [5.41, 5.74) is 1.79. The Morgan fingerprint density at radius 2 is 2.24 bits per heavy atom. The third-order valence-corrected chi connectivity index (χ3v) is 3.78. The van der Waals surface area contributed by atoms with Gasteiger partial charge in [0.1, 0.15) is 11.6 Å². The van der Waals surface area contributed by atoms with Crippen molar-refractivity contribution in [1.29, 1.82) is 0 Å². The van der Waals surface area contributed by atoms with Crippen molar-refractivity contribution >= 4 is 33.3 Å². The van der Waals surface area contributed by atoms with Gasteiger partial charge in [0.25, 0.3) is 5.91 Å². The van der Waals surface area contributed by atoms with Crippen molar-refractivity contribution in [2.24, 2.45) is 0 Å². The van der Waals surface area contributed by atoms with E-state index in [0.29, 0.717) is 6.54 Å². The molecule has 3 rings (SSSR count). The summed E-state index contributed by atoms with van der Waals surface area (Å²) in [5.74, 6) is 1.45. The highest BCUT2D eigenvalue weighted by Gasteiger charge is 2.25. The number of aromatic nitrogens is 1. The van der Waals surface area contributed by atoms with Crippen LogP contribution in [0.2, 0.25) is 0 Å². The number of anilines is 2. The first-order valence-electron chi connectivity index (χ1n) is 6.53. The fraction of sp³-hybridized carbons (Fsp3) is 0.200. The number of pyridine rings is 1. The van der Waals surface area contributed by atoms with Crippen LogP contribution in [0.5, 0.6) is 5.75 Å². The number of nitrogens with zero attached hydrogens (tertiary/aromatic N) is 2. The van der Waals surface area contributed by atoms with E-state index in [-0.39, 0.29) is 12.5 Å². The molecule has 2 heterocycles. The van der Waals surface area contributed by atoms with Gasteiger partial charge in [0, 0.05) is 17.7 Å². The molecule has 0 radical (unpaired) electrons. The van der Waals surface area contributed by atoms with E-state index in [0.717, 1.165) is 27.3 Å². The van der Waals surface area contributed by atoms with E-state index in [9.17, 15) is 4.79 Å². The zero-order valence-corrected chi connectivity index (χ0v) is 13.1. The molecular formula is C15H14BrN3O2. The maximum absolute atomic E-state index is 12.2. The molecule has 0 unspecified atom stereocenters. The number of benzene rings is 1. The minimum atomic E-state index is -0.0524. The Kier molecular flexibility index (Phi) is 3.79. The van der Waals surface area contributed by atoms with Crippen molar-refractivity contribution in [1.82, 2.24) is 4.98 Å². The first-order valence-corrected chi connectivity index (χ1v) is 7.32. The van der Waals surface area contributed by atoms with Gasteiger partial charge >= 0.3 is 0 Å². The molecule has 0 spiro atoms. The molecule has 1 aliphatic heterocycles. The van der Waals surface area contributed by atoms with Crippen molar-refractivity contribution in [3.8, 4) is 5.75 Å². The Hall–Kier alpha value is -2.08. The summed E-state index contributed by atoms with van der Waals surface area (Å²) in [4.78, 5) is 18.1. The van der Waals surface area contributed by atoms with Gasteiger partial charge < -0.3 is 15.0 Å². The molecule has 2 aromatic rings. The van der Waals surface area contributed by atoms with Crippen LogP contribution in [-0.4, -0.2) is 24.5 Å². The van der Waals surface area contributed by atoms with E-state index < -0.39 is 0 Å². The van der Waals surface area contributed by atoms with Crippen LogP contribution >= 0.6 is 15.9 Å². The second-order valence-corrected chi connectivity index (χ2v) is 5.60. The second kappa shape index (κ2) is 5.73. The smallest absolute Gasteiger partial charge is 0.265 e. The van der Waals surface area contributed by atoms with E-state index in [1.807, 2.05) is 37.4 Å². The van der Waals surface area contributed by atoms with Crippen LogP contribution in [0.4, 0.5) is 11.5 Å². The third kappa shape index (κ3) is 2.85. The number of carbonyl (C=O) groups excluding carboxylic acids is 1. The van der Waals surface area contributed by atoms with Gasteiger partial charge in [0.2, 0.25) is 0 Å². The first kappa shape index (κ1) is 13.9. The Bertz CT molecular complexity index is 690. The third-order valence-electron chi connectivity index (χ3n) is 3.29. The molecule has 1 aromatic heterocycles. The Morgan fingerprint density at radius 1 is 1.38 bits per heavy atom. The van der Waals surface area contributed by atoms with Gasteiger partial charge in [0.15, 0.2) is 6.61 Å². The number of halogens is 1. The summed E-state index contributed by atoms with van der Waals surface area (Å²) in [5, 5.41) is 3.00. The quantitative estimate of drug-likeness (QED) is 0.927. The molecule has 1 aliphatic rings. The lowest BCUT2D eigenvalue weighted by Crippen LogP contribution is -2.38. The summed E-state index contributed by atoms with van der Waals surface area (Å²) in [6, 6.07) is 9.50. The fourth-order valence-corrected chi connectivity index (χ4v) is 2.59. The highest BCUT2D eigenvalue weighted by atomic mass is 79.9. The fourth-order valence-electron chi connectivity index (χ4n) is 2.24. The molecule has 0 saturated heterocycles. The number of ether oxygens (including phenoxy) is 1. The molecule has 21 heavy (non-hydrogen) atoms. The first-order chi connectivity index (χ1) is 10.2. The summed E-state index contributed by atoms with van der Waals surface area (Å²) in [6.45, 7) is 0.557. The van der Waals surface area contributed by atoms with Gasteiger partial charge in [-0.25, -0.2) is 4.98 Å². The Morgan fingerprint density at radius 3 is 3.05 bits per heavy atom. The second-order valence-electron chi connectivity index (χ2n) is 4.68. The van der Waals surface area contributed by atoms with E-state index in [1.165, 1.54) is 0 Å². The molecule has 1 N–H and O–H groups in total. The lowest BCUT2D eigenvalue weighted by Gasteiger charge is -2.29. The number of amides is 1. The molecule has 5 nitrogen and oxygen atoms in total. The number of fused-ring (bicyclic) bond motifs is 1. The van der Waals surface area contributed by atoms with Crippen molar-refractivity contribution in [3.05, 3.63) is 46.6 Å². The normalized spacial score (nSPS) is 13.6. The van der Waals surface area contributed by atoms with E-state index in [2.05, 4.69) is 26.2 Å². The summed E-state index contributed by atoms with van der Waals surface area (Å²) < 4.78 is 6.38. The number of carbonyl (C=O) groups is 1. The summed E-state index contributed by atoms with van der Waals surface area (Å²) in [7, 11) is 1.82. The standard InChI is InChI=1S/C15H14BrN3O2/c1-17-14-6-10(4-5-18-14)8-19-12-7-11(16)2-3-13(12)21-9-15(19)20/h2-7H,8-9H2,1H3,(H,17,18). The zero-order chi connectivity index (χ0) is 14.8. The van der Waals surface area contributed by atoms with Gasteiger partial charge in [-0.1, -0.05) is 15.9 Å². The molecular weight excluding hydrogens is 334 g/mol. The molecule has 0 bridgehead atoms. The maximum Gasteiger partial charge on any atom is 0.265 e. The molecule has 1 aromatic carbocycles. The lowest BCUT2D eigenvalue weighted by molar-refractivity contribution is -0.121. The predicted molar refractivity (Wildman–Crippen MR) is 84.6 cm³/mol. The van der Waals surface area contributed by atoms with E-state index >= 15 is 0 Å². The van der Waals surface area contributed by atoms with Crippen molar-refractivity contribution in [3.63, 3.8) is 0 Å². The monoisotopic (exact) mass is 347 g/mol. The summed E-state index contributed by atoms with van der Waals surface area (Å²) >= 11 is 3.43. The van der Waals surface area contributed by atoms with Crippen LogP contribution in [0.3, 0.4) is 0 Å². The van der Waals surface area contributed by atoms with Crippen LogP contribution in [0.1, 0.15) is 5.56 Å². The zero-order valence-electron chi connectivity index (χ0n) is 11.5. The van der Waals surface area contributed by atoms with Crippen LogP contribution in [0.25, 0.3) is 0 Å². The average molecular weight is 348 g/mol. The molecule has 1 amide bonds. The number of nitrogens with one attached hydrogen (secondary N) is 1. The number of hydrogen-bond donors (Lipinski definition) is 1. The highest BCUT2D eigenvalue weighted by Crippen LogP contribution is 2.35. The van der Waals surface area contributed by atoms with Gasteiger partial charge in [-0.3, -0.25) is 4.79 Å². The van der Waals surface area contributed by atoms with Crippen molar-refractivity contribution < 1.29 is 9.53 Å². The average Bonchev–Trinajstić information content (AvgIpc) is 2.50. The van der Waals surface area contributed by atoms with E-state index in [4.69, 9.17) is 4.74 Å². The van der Waals surface area contributed by atoms with Crippen LogP contribution in [0, 0.1) is 0 Å². The Balaban J connectivity index is 1.94.